The minimum Gasteiger partial charge on any atom is -0.349 e. The van der Waals surface area contributed by atoms with Gasteiger partial charge in [-0.1, -0.05) is 42.5 Å². The molecule has 0 spiro atoms. The molecule has 0 heterocycles. The first-order chi connectivity index (χ1) is 16.8. The van der Waals surface area contributed by atoms with Crippen LogP contribution in [0.15, 0.2) is 89.8 Å². The van der Waals surface area contributed by atoms with Crippen LogP contribution in [-0.2, 0) is 21.4 Å². The Kier molecular flexibility index (Phi) is 7.43. The molecule has 0 aromatic heterocycles. The number of sulfonamides is 1. The van der Waals surface area contributed by atoms with Crippen LogP contribution in [0, 0.1) is 0 Å². The number of anilines is 1. The third-order valence-electron chi connectivity index (χ3n) is 5.59. The molecule has 3 aromatic carbocycles. The normalized spacial score (nSPS) is 13.7. The number of nitrogens with zero attached hydrogens (tertiary/aromatic N) is 1. The maximum Gasteiger partial charge on any atom is 0.251 e. The number of hydrogen-bond acceptors (Lipinski definition) is 4. The quantitative estimate of drug-likeness (QED) is 0.443. The van der Waals surface area contributed by atoms with E-state index < -0.39 is 10.0 Å². The molecule has 0 saturated heterocycles. The van der Waals surface area contributed by atoms with Crippen LogP contribution in [0.5, 0.6) is 0 Å². The van der Waals surface area contributed by atoms with Gasteiger partial charge in [0, 0.05) is 37.0 Å². The standard InChI is InChI=1S/C27H27N3O4S/c1-30(19-21-5-3-2-4-6-21)35(33,34)25-16-14-23(15-17-25)28-26(31)18-9-20-7-10-22(11-8-20)27(32)29-24-12-13-24/h2-11,14-18,24H,12-13,19H2,1H3,(H,28,31)(H,29,32)/b18-9+. The zero-order valence-electron chi connectivity index (χ0n) is 19.3. The van der Waals surface area contributed by atoms with Gasteiger partial charge in [0.1, 0.15) is 0 Å². The average molecular weight is 490 g/mol. The van der Waals surface area contributed by atoms with E-state index in [9.17, 15) is 18.0 Å². The van der Waals surface area contributed by atoms with Gasteiger partial charge in [-0.3, -0.25) is 9.59 Å². The first kappa shape index (κ1) is 24.4. The number of benzene rings is 3. The molecule has 1 saturated carbocycles. The van der Waals surface area contributed by atoms with E-state index in [0.29, 0.717) is 17.3 Å². The molecule has 0 bridgehead atoms. The lowest BCUT2D eigenvalue weighted by Gasteiger charge is -2.17. The molecule has 8 heteroatoms. The number of nitrogens with one attached hydrogen (secondary N) is 2. The third-order valence-corrected chi connectivity index (χ3v) is 7.41. The van der Waals surface area contributed by atoms with E-state index in [2.05, 4.69) is 10.6 Å². The molecule has 180 valence electrons. The van der Waals surface area contributed by atoms with Crippen LogP contribution in [0.25, 0.3) is 6.08 Å². The monoisotopic (exact) mass is 489 g/mol. The molecule has 0 radical (unpaired) electrons. The summed E-state index contributed by atoms with van der Waals surface area (Å²) in [7, 11) is -2.13. The van der Waals surface area contributed by atoms with E-state index in [1.807, 2.05) is 30.3 Å². The van der Waals surface area contributed by atoms with Crippen LogP contribution in [0.2, 0.25) is 0 Å². The lowest BCUT2D eigenvalue weighted by Crippen LogP contribution is -2.26. The average Bonchev–Trinajstić information content (AvgIpc) is 3.68. The first-order valence-corrected chi connectivity index (χ1v) is 12.8. The van der Waals surface area contributed by atoms with E-state index in [-0.39, 0.29) is 23.3 Å². The van der Waals surface area contributed by atoms with Crippen LogP contribution in [0.1, 0.15) is 34.3 Å². The highest BCUT2D eigenvalue weighted by Crippen LogP contribution is 2.20. The lowest BCUT2D eigenvalue weighted by molar-refractivity contribution is -0.111. The van der Waals surface area contributed by atoms with Crippen molar-refractivity contribution in [3.05, 3.63) is 102 Å². The summed E-state index contributed by atoms with van der Waals surface area (Å²) in [4.78, 5) is 24.5. The Labute approximate surface area is 205 Å². The molecule has 0 unspecified atom stereocenters. The van der Waals surface area contributed by atoms with E-state index in [4.69, 9.17) is 0 Å². The van der Waals surface area contributed by atoms with Crippen molar-refractivity contribution in [1.82, 2.24) is 9.62 Å². The summed E-state index contributed by atoms with van der Waals surface area (Å²) in [6.07, 6.45) is 5.10. The molecule has 0 aliphatic heterocycles. The molecule has 4 rings (SSSR count). The molecule has 1 fully saturated rings. The highest BCUT2D eigenvalue weighted by Gasteiger charge is 2.23. The van der Waals surface area contributed by atoms with Crippen LogP contribution in [-0.4, -0.2) is 37.6 Å². The van der Waals surface area contributed by atoms with Gasteiger partial charge in [0.25, 0.3) is 5.91 Å². The number of rotatable bonds is 9. The van der Waals surface area contributed by atoms with Gasteiger partial charge in [0.05, 0.1) is 4.90 Å². The van der Waals surface area contributed by atoms with Crippen molar-refractivity contribution in [1.29, 1.82) is 0 Å². The van der Waals surface area contributed by atoms with Crippen LogP contribution in [0.3, 0.4) is 0 Å². The zero-order valence-corrected chi connectivity index (χ0v) is 20.2. The van der Waals surface area contributed by atoms with Gasteiger partial charge < -0.3 is 10.6 Å². The smallest absolute Gasteiger partial charge is 0.251 e. The van der Waals surface area contributed by atoms with Crippen molar-refractivity contribution < 1.29 is 18.0 Å². The third kappa shape index (κ3) is 6.65. The minimum atomic E-state index is -3.66. The molecule has 1 aliphatic carbocycles. The van der Waals surface area contributed by atoms with Crippen molar-refractivity contribution in [2.75, 3.05) is 12.4 Å². The number of amides is 2. The van der Waals surface area contributed by atoms with Crippen LogP contribution < -0.4 is 10.6 Å². The minimum absolute atomic E-state index is 0.0857. The number of hydrogen-bond donors (Lipinski definition) is 2. The van der Waals surface area contributed by atoms with Gasteiger partial charge in [-0.2, -0.15) is 4.31 Å². The van der Waals surface area contributed by atoms with Crippen molar-refractivity contribution >= 4 is 33.6 Å². The Bertz CT molecular complexity index is 1320. The van der Waals surface area contributed by atoms with Crippen molar-refractivity contribution in [3.8, 4) is 0 Å². The lowest BCUT2D eigenvalue weighted by atomic mass is 10.1. The van der Waals surface area contributed by atoms with E-state index in [1.54, 1.807) is 42.5 Å². The molecule has 3 aromatic rings. The summed E-state index contributed by atoms with van der Waals surface area (Å²) in [5.74, 6) is -0.435. The SMILES string of the molecule is CN(Cc1ccccc1)S(=O)(=O)c1ccc(NC(=O)/C=C/c2ccc(C(=O)NC3CC3)cc2)cc1. The fourth-order valence-corrected chi connectivity index (χ4v) is 4.57. The molecule has 35 heavy (non-hydrogen) atoms. The molecule has 0 atom stereocenters. The van der Waals surface area contributed by atoms with Crippen LogP contribution >= 0.6 is 0 Å². The maximum atomic E-state index is 12.9. The Morgan fingerprint density at radius 2 is 1.60 bits per heavy atom. The Morgan fingerprint density at radius 3 is 2.23 bits per heavy atom. The molecular formula is C27H27N3O4S. The molecule has 1 aliphatic rings. The summed E-state index contributed by atoms with van der Waals surface area (Å²) in [6, 6.07) is 22.7. The number of carbonyl (C=O) groups is 2. The molecule has 2 N–H and O–H groups in total. The van der Waals surface area contributed by atoms with Gasteiger partial charge in [-0.05, 0) is 66.4 Å². The fourth-order valence-electron chi connectivity index (χ4n) is 3.41. The topological polar surface area (TPSA) is 95.6 Å². The summed E-state index contributed by atoms with van der Waals surface area (Å²) in [5, 5.41) is 5.66. The Hall–Kier alpha value is -3.75. The highest BCUT2D eigenvalue weighted by atomic mass is 32.2. The van der Waals surface area contributed by atoms with Crippen molar-refractivity contribution in [2.24, 2.45) is 0 Å². The number of carbonyl (C=O) groups excluding carboxylic acids is 2. The summed E-state index contributed by atoms with van der Waals surface area (Å²) in [5.41, 5.74) is 2.75. The zero-order chi connectivity index (χ0) is 24.8. The predicted octanol–water partition coefficient (Wildman–Crippen LogP) is 4.05. The largest absolute Gasteiger partial charge is 0.349 e. The van der Waals surface area contributed by atoms with Crippen molar-refractivity contribution in [2.45, 2.75) is 30.3 Å². The maximum absolute atomic E-state index is 12.9. The molecule has 7 nitrogen and oxygen atoms in total. The van der Waals surface area contributed by atoms with Gasteiger partial charge in [-0.25, -0.2) is 8.42 Å². The highest BCUT2D eigenvalue weighted by molar-refractivity contribution is 7.89. The first-order valence-electron chi connectivity index (χ1n) is 11.3. The second kappa shape index (κ2) is 10.7. The second-order valence-electron chi connectivity index (χ2n) is 8.46. The Balaban J connectivity index is 1.32. The predicted molar refractivity (Wildman–Crippen MR) is 136 cm³/mol. The molecule has 2 amide bonds. The van der Waals surface area contributed by atoms with E-state index in [0.717, 1.165) is 24.0 Å². The van der Waals surface area contributed by atoms with Gasteiger partial charge in [0.15, 0.2) is 0 Å². The second-order valence-corrected chi connectivity index (χ2v) is 10.5. The van der Waals surface area contributed by atoms with E-state index >= 15 is 0 Å². The summed E-state index contributed by atoms with van der Waals surface area (Å²) >= 11 is 0. The van der Waals surface area contributed by atoms with Gasteiger partial charge >= 0.3 is 0 Å². The Morgan fingerprint density at radius 1 is 0.943 bits per heavy atom. The van der Waals surface area contributed by atoms with Crippen molar-refractivity contribution in [3.63, 3.8) is 0 Å². The van der Waals surface area contributed by atoms with E-state index in [1.165, 1.54) is 29.6 Å². The fraction of sp³-hybridized carbons (Fsp3) is 0.185. The summed E-state index contributed by atoms with van der Waals surface area (Å²) < 4.78 is 27.0. The van der Waals surface area contributed by atoms with Gasteiger partial charge in [0.2, 0.25) is 15.9 Å². The molecular weight excluding hydrogens is 462 g/mol. The van der Waals surface area contributed by atoms with Crippen LogP contribution in [0.4, 0.5) is 5.69 Å². The summed E-state index contributed by atoms with van der Waals surface area (Å²) in [6.45, 7) is 0.263. The van der Waals surface area contributed by atoms with Gasteiger partial charge in [-0.15, -0.1) is 0 Å².